The van der Waals surface area contributed by atoms with Crippen molar-refractivity contribution in [3.05, 3.63) is 54.4 Å². The molecule has 4 heterocycles. The molecule has 0 amide bonds. The van der Waals surface area contributed by atoms with E-state index in [0.717, 1.165) is 24.1 Å². The molecule has 8 heteroatoms. The molecule has 1 aromatic carbocycles. The summed E-state index contributed by atoms with van der Waals surface area (Å²) < 4.78 is 16.3. The molecule has 0 spiro atoms. The Kier molecular flexibility index (Phi) is 4.12. The largest absolute Gasteiger partial charge is 0.507 e. The van der Waals surface area contributed by atoms with Crippen LogP contribution in [0.15, 0.2) is 48.7 Å². The first-order chi connectivity index (χ1) is 13.7. The summed E-state index contributed by atoms with van der Waals surface area (Å²) in [6.45, 7) is 0. The Morgan fingerprint density at radius 2 is 2.18 bits per heavy atom. The number of fused-ring (bicyclic) bond motifs is 2. The van der Waals surface area contributed by atoms with Gasteiger partial charge in [-0.2, -0.15) is 0 Å². The number of imidazole rings is 1. The van der Waals surface area contributed by atoms with Crippen molar-refractivity contribution in [1.29, 1.82) is 0 Å². The van der Waals surface area contributed by atoms with Gasteiger partial charge in [-0.15, -0.1) is 10.2 Å². The molecule has 5 rings (SSSR count). The number of hydrogen-bond donors (Lipinski definition) is 2. The van der Waals surface area contributed by atoms with Gasteiger partial charge in [0.1, 0.15) is 17.6 Å². The first kappa shape index (κ1) is 17.0. The molecule has 2 saturated heterocycles. The first-order valence-electron chi connectivity index (χ1n) is 9.29. The molecule has 2 aromatic heterocycles. The number of phenolic OH excluding ortho intramolecular Hbond substituents is 1. The lowest BCUT2D eigenvalue weighted by Crippen LogP contribution is -2.42. The summed E-state index contributed by atoms with van der Waals surface area (Å²) in [6.07, 6.45) is 10.0. The molecule has 3 aromatic rings. The van der Waals surface area contributed by atoms with Crippen LogP contribution in [-0.2, 0) is 0 Å². The maximum absolute atomic E-state index is 14.5. The quantitative estimate of drug-likeness (QED) is 0.728. The SMILES string of the molecule is Oc1cc(-n2ccnc2)ccc1-c1ncc(/C=C2/C[C@@H]3CC[C@@H](N3)[C@H]2F)nn1. The van der Waals surface area contributed by atoms with E-state index < -0.39 is 6.17 Å². The standard InChI is InChI=1S/C20H19FN6O/c21-19-12(7-13-1-4-17(19)24-13)8-14-10-23-20(26-25-14)16-3-2-15(9-18(16)28)27-6-5-22-11-27/h2-3,5-6,8-11,13,17,19,24,28H,1,4,7H2/b12-8-/t13-,17+,19-/m0/s1. The van der Waals surface area contributed by atoms with Gasteiger partial charge in [-0.3, -0.25) is 0 Å². The first-order valence-corrected chi connectivity index (χ1v) is 9.29. The van der Waals surface area contributed by atoms with Crippen LogP contribution in [0.2, 0.25) is 0 Å². The number of halogens is 1. The molecule has 0 saturated carbocycles. The van der Waals surface area contributed by atoms with Gasteiger partial charge >= 0.3 is 0 Å². The zero-order chi connectivity index (χ0) is 19.1. The van der Waals surface area contributed by atoms with Crippen LogP contribution in [-0.4, -0.2) is 48.1 Å². The molecule has 28 heavy (non-hydrogen) atoms. The molecule has 2 aliphatic rings. The van der Waals surface area contributed by atoms with Crippen LogP contribution in [0.1, 0.15) is 25.0 Å². The molecule has 142 valence electrons. The van der Waals surface area contributed by atoms with Crippen LogP contribution >= 0.6 is 0 Å². The summed E-state index contributed by atoms with van der Waals surface area (Å²) >= 11 is 0. The predicted molar refractivity (Wildman–Crippen MR) is 101 cm³/mol. The summed E-state index contributed by atoms with van der Waals surface area (Å²) in [7, 11) is 0. The van der Waals surface area contributed by atoms with E-state index in [1.54, 1.807) is 47.7 Å². The Balaban J connectivity index is 1.39. The highest BCUT2D eigenvalue weighted by molar-refractivity contribution is 5.66. The van der Waals surface area contributed by atoms with Gasteiger partial charge in [0.25, 0.3) is 0 Å². The zero-order valence-electron chi connectivity index (χ0n) is 15.0. The van der Waals surface area contributed by atoms with E-state index in [2.05, 4.69) is 25.5 Å². The number of benzene rings is 1. The van der Waals surface area contributed by atoms with E-state index in [1.807, 2.05) is 6.07 Å². The van der Waals surface area contributed by atoms with Gasteiger partial charge < -0.3 is 15.0 Å². The van der Waals surface area contributed by atoms with Crippen molar-refractivity contribution in [2.24, 2.45) is 0 Å². The van der Waals surface area contributed by atoms with E-state index in [9.17, 15) is 9.50 Å². The van der Waals surface area contributed by atoms with Crippen molar-refractivity contribution in [2.75, 3.05) is 0 Å². The number of phenols is 1. The van der Waals surface area contributed by atoms with Gasteiger partial charge in [0.05, 0.1) is 23.8 Å². The fourth-order valence-electron chi connectivity index (χ4n) is 3.98. The molecule has 7 nitrogen and oxygen atoms in total. The lowest BCUT2D eigenvalue weighted by molar-refractivity contribution is 0.270. The van der Waals surface area contributed by atoms with Crippen LogP contribution in [0, 0.1) is 0 Å². The average molecular weight is 378 g/mol. The topological polar surface area (TPSA) is 88.8 Å². The lowest BCUT2D eigenvalue weighted by atomic mass is 9.96. The van der Waals surface area contributed by atoms with E-state index in [-0.39, 0.29) is 11.8 Å². The Morgan fingerprint density at radius 1 is 1.25 bits per heavy atom. The summed E-state index contributed by atoms with van der Waals surface area (Å²) in [4.78, 5) is 8.31. The highest BCUT2D eigenvalue weighted by Gasteiger charge is 2.38. The van der Waals surface area contributed by atoms with Crippen LogP contribution in [0.5, 0.6) is 5.75 Å². The Bertz CT molecular complexity index is 1020. The number of piperidine rings is 1. The molecule has 2 bridgehead atoms. The number of aromatic nitrogens is 5. The van der Waals surface area contributed by atoms with Crippen LogP contribution in [0.25, 0.3) is 23.2 Å². The van der Waals surface area contributed by atoms with Crippen molar-refractivity contribution in [3.63, 3.8) is 0 Å². The van der Waals surface area contributed by atoms with E-state index >= 15 is 0 Å². The third kappa shape index (κ3) is 3.05. The highest BCUT2D eigenvalue weighted by Crippen LogP contribution is 2.34. The summed E-state index contributed by atoms with van der Waals surface area (Å²) in [5.41, 5.74) is 2.54. The normalized spacial score (nSPS) is 25.3. The minimum atomic E-state index is -0.986. The second kappa shape index (κ2) is 6.79. The highest BCUT2D eigenvalue weighted by atomic mass is 19.1. The van der Waals surface area contributed by atoms with Crippen LogP contribution < -0.4 is 5.32 Å². The van der Waals surface area contributed by atoms with Crippen LogP contribution in [0.4, 0.5) is 4.39 Å². The maximum Gasteiger partial charge on any atom is 0.185 e. The van der Waals surface area contributed by atoms with Gasteiger partial charge in [0, 0.05) is 30.5 Å². The van der Waals surface area contributed by atoms with Crippen molar-refractivity contribution in [2.45, 2.75) is 37.5 Å². The van der Waals surface area contributed by atoms with Crippen LogP contribution in [0.3, 0.4) is 0 Å². The van der Waals surface area contributed by atoms with E-state index in [0.29, 0.717) is 29.5 Å². The Labute approximate surface area is 161 Å². The zero-order valence-corrected chi connectivity index (χ0v) is 15.0. The summed E-state index contributed by atoms with van der Waals surface area (Å²) in [6, 6.07) is 5.47. The van der Waals surface area contributed by atoms with Crippen molar-refractivity contribution in [1.82, 2.24) is 30.0 Å². The summed E-state index contributed by atoms with van der Waals surface area (Å²) in [5, 5.41) is 22.0. The molecule has 2 fully saturated rings. The van der Waals surface area contributed by atoms with Gasteiger partial charge in [-0.1, -0.05) is 0 Å². The number of rotatable bonds is 3. The molecule has 0 unspecified atom stereocenters. The number of aromatic hydroxyl groups is 1. The Morgan fingerprint density at radius 3 is 2.93 bits per heavy atom. The third-order valence-corrected chi connectivity index (χ3v) is 5.40. The lowest BCUT2D eigenvalue weighted by Gasteiger charge is -2.27. The van der Waals surface area contributed by atoms with Crippen molar-refractivity contribution >= 4 is 6.08 Å². The molecule has 0 radical (unpaired) electrons. The van der Waals surface area contributed by atoms with Gasteiger partial charge in [-0.25, -0.2) is 14.4 Å². The second-order valence-electron chi connectivity index (χ2n) is 7.25. The minimum absolute atomic E-state index is 0.0536. The van der Waals surface area contributed by atoms with Gasteiger partial charge in [-0.05, 0) is 43.0 Å². The fourth-order valence-corrected chi connectivity index (χ4v) is 3.98. The molecule has 2 N–H and O–H groups in total. The summed E-state index contributed by atoms with van der Waals surface area (Å²) in [5.74, 6) is 0.372. The Hall–Kier alpha value is -3.13. The second-order valence-corrected chi connectivity index (χ2v) is 7.25. The monoisotopic (exact) mass is 378 g/mol. The smallest absolute Gasteiger partial charge is 0.185 e. The third-order valence-electron chi connectivity index (χ3n) is 5.40. The maximum atomic E-state index is 14.5. The minimum Gasteiger partial charge on any atom is -0.507 e. The molecule has 0 aliphatic carbocycles. The average Bonchev–Trinajstić information content (AvgIpc) is 3.37. The fraction of sp³-hybridized carbons (Fsp3) is 0.300. The number of alkyl halides is 1. The molecule has 2 aliphatic heterocycles. The van der Waals surface area contributed by atoms with Crippen molar-refractivity contribution in [3.8, 4) is 22.8 Å². The van der Waals surface area contributed by atoms with Gasteiger partial charge in [0.15, 0.2) is 5.82 Å². The molecular weight excluding hydrogens is 359 g/mol. The molecular formula is C20H19FN6O. The molecule has 3 atom stereocenters. The number of hydrogen-bond acceptors (Lipinski definition) is 6. The number of nitrogens with one attached hydrogen (secondary N) is 1. The van der Waals surface area contributed by atoms with E-state index in [4.69, 9.17) is 0 Å². The van der Waals surface area contributed by atoms with Crippen molar-refractivity contribution < 1.29 is 9.50 Å². The predicted octanol–water partition coefficient (Wildman–Crippen LogP) is 2.68. The van der Waals surface area contributed by atoms with Gasteiger partial charge in [0.2, 0.25) is 0 Å². The van der Waals surface area contributed by atoms with E-state index in [1.165, 1.54) is 0 Å². The number of nitrogens with zero attached hydrogens (tertiary/aromatic N) is 5.